The Labute approximate surface area is 84.4 Å². The lowest BCUT2D eigenvalue weighted by atomic mass is 10.2. The number of aliphatic carboxylic acids is 1. The Morgan fingerprint density at radius 3 is 3.07 bits per heavy atom. The summed E-state index contributed by atoms with van der Waals surface area (Å²) >= 11 is 0. The maximum atomic E-state index is 10.6. The quantitative estimate of drug-likeness (QED) is 0.407. The molecule has 2 heterocycles. The Balaban J connectivity index is 2.35. The van der Waals surface area contributed by atoms with Gasteiger partial charge in [0, 0.05) is 0 Å². The van der Waals surface area contributed by atoms with Crippen LogP contribution in [-0.2, 0) is 4.79 Å². The summed E-state index contributed by atoms with van der Waals surface area (Å²) in [5.74, 6) is -1.95. The molecule has 0 saturated heterocycles. The van der Waals surface area contributed by atoms with Gasteiger partial charge in [0.15, 0.2) is 11.6 Å². The van der Waals surface area contributed by atoms with Crippen LogP contribution in [0.25, 0.3) is 0 Å². The van der Waals surface area contributed by atoms with E-state index in [0.29, 0.717) is 11.5 Å². The molecule has 2 rings (SSSR count). The molecule has 0 amide bonds. The molecule has 7 N–H and O–H groups in total. The van der Waals surface area contributed by atoms with Crippen LogP contribution in [0.3, 0.4) is 0 Å². The van der Waals surface area contributed by atoms with Crippen LogP contribution in [0.5, 0.6) is 0 Å². The molecule has 8 nitrogen and oxygen atoms in total. The zero-order valence-electron chi connectivity index (χ0n) is 7.69. The summed E-state index contributed by atoms with van der Waals surface area (Å²) in [6.45, 7) is 0. The monoisotopic (exact) mass is 210 g/mol. The van der Waals surface area contributed by atoms with Crippen LogP contribution in [0.2, 0.25) is 0 Å². The number of rotatable bonds is 2. The fraction of sp³-hybridized carbons (Fsp3) is 0.286. The molecule has 0 fully saturated rings. The lowest BCUT2D eigenvalue weighted by molar-refractivity contribution is -0.138. The number of amidine groups is 1. The van der Waals surface area contributed by atoms with Gasteiger partial charge in [-0.05, 0) is 0 Å². The predicted octanol–water partition coefficient (Wildman–Crippen LogP) is -1.37. The van der Waals surface area contributed by atoms with E-state index in [1.54, 1.807) is 0 Å². The van der Waals surface area contributed by atoms with Gasteiger partial charge in [-0.15, -0.1) is 0 Å². The molecule has 0 aliphatic carbocycles. The smallest absolute Gasteiger partial charge is 0.309 e. The molecule has 0 saturated carbocycles. The maximum Gasteiger partial charge on any atom is 0.309 e. The average molecular weight is 210 g/mol. The minimum Gasteiger partial charge on any atom is -0.481 e. The third kappa shape index (κ3) is 1.62. The van der Waals surface area contributed by atoms with Crippen molar-refractivity contribution in [2.45, 2.75) is 12.2 Å². The number of imidazole rings is 1. The van der Waals surface area contributed by atoms with E-state index >= 15 is 0 Å². The highest BCUT2D eigenvalue weighted by atomic mass is 16.4. The van der Waals surface area contributed by atoms with Crippen LogP contribution in [0.4, 0.5) is 5.82 Å². The minimum atomic E-state index is -1.43. The first-order valence-electron chi connectivity index (χ1n) is 4.18. The second kappa shape index (κ2) is 2.95. The lowest BCUT2D eigenvalue weighted by Gasteiger charge is -2.28. The van der Waals surface area contributed by atoms with Gasteiger partial charge in [0.1, 0.15) is 18.0 Å². The number of carboxylic acid groups (broad SMARTS) is 1. The number of hydrogen-bond acceptors (Lipinski definition) is 6. The minimum absolute atomic E-state index is 0.144. The molecule has 0 spiro atoms. The highest BCUT2D eigenvalue weighted by molar-refractivity contribution is 6.01. The molecule has 0 bridgehead atoms. The molecule has 0 radical (unpaired) electrons. The topological polar surface area (TPSA) is 142 Å². The van der Waals surface area contributed by atoms with E-state index in [9.17, 15) is 4.79 Å². The van der Waals surface area contributed by atoms with Crippen LogP contribution >= 0.6 is 0 Å². The van der Waals surface area contributed by atoms with Crippen molar-refractivity contribution in [1.82, 2.24) is 9.97 Å². The van der Waals surface area contributed by atoms with E-state index in [0.717, 1.165) is 0 Å². The van der Waals surface area contributed by atoms with E-state index in [2.05, 4.69) is 20.3 Å². The van der Waals surface area contributed by atoms with Crippen molar-refractivity contribution in [2.75, 3.05) is 5.32 Å². The summed E-state index contributed by atoms with van der Waals surface area (Å²) in [4.78, 5) is 21.1. The highest BCUT2D eigenvalue weighted by Crippen LogP contribution is 2.22. The summed E-state index contributed by atoms with van der Waals surface area (Å²) in [5.41, 5.74) is 11.8. The van der Waals surface area contributed by atoms with Gasteiger partial charge in [-0.25, -0.2) is 9.98 Å². The van der Waals surface area contributed by atoms with Gasteiger partial charge in [0.05, 0.1) is 6.33 Å². The molecule has 1 aromatic heterocycles. The van der Waals surface area contributed by atoms with E-state index in [-0.39, 0.29) is 12.3 Å². The molecule has 80 valence electrons. The number of anilines is 1. The number of carbonyl (C=O) groups is 1. The summed E-state index contributed by atoms with van der Waals surface area (Å²) in [6, 6.07) is 0. The Morgan fingerprint density at radius 1 is 1.67 bits per heavy atom. The number of nitrogens with one attached hydrogen (secondary N) is 2. The van der Waals surface area contributed by atoms with Crippen molar-refractivity contribution in [1.29, 1.82) is 0 Å². The number of hydrogen-bond donors (Lipinski definition) is 5. The Bertz CT molecular complexity index is 438. The molecule has 8 heteroatoms. The van der Waals surface area contributed by atoms with Crippen LogP contribution in [0.15, 0.2) is 11.3 Å². The summed E-state index contributed by atoms with van der Waals surface area (Å²) < 4.78 is 0. The largest absolute Gasteiger partial charge is 0.481 e. The van der Waals surface area contributed by atoms with Crippen molar-refractivity contribution in [3.05, 3.63) is 12.0 Å². The van der Waals surface area contributed by atoms with Crippen molar-refractivity contribution < 1.29 is 9.90 Å². The number of carboxylic acids is 1. The summed E-state index contributed by atoms with van der Waals surface area (Å²) in [6.07, 6.45) is 1.05. The molecule has 1 atom stereocenters. The number of aromatic amines is 1. The number of fused-ring (bicyclic) bond motifs is 1. The first-order valence-corrected chi connectivity index (χ1v) is 4.18. The van der Waals surface area contributed by atoms with Gasteiger partial charge in [-0.3, -0.25) is 10.5 Å². The number of aliphatic imine (C=N–C) groups is 1. The fourth-order valence-electron chi connectivity index (χ4n) is 1.40. The third-order valence-electron chi connectivity index (χ3n) is 1.97. The molecular weight excluding hydrogens is 200 g/mol. The van der Waals surface area contributed by atoms with Gasteiger partial charge >= 0.3 is 5.97 Å². The van der Waals surface area contributed by atoms with Crippen LogP contribution in [0.1, 0.15) is 12.1 Å². The molecular formula is C7H10N6O2. The third-order valence-corrected chi connectivity index (χ3v) is 1.97. The molecule has 0 aromatic carbocycles. The summed E-state index contributed by atoms with van der Waals surface area (Å²) in [5, 5.41) is 11.4. The van der Waals surface area contributed by atoms with Gasteiger partial charge in [-0.2, -0.15) is 0 Å². The van der Waals surface area contributed by atoms with Crippen molar-refractivity contribution in [2.24, 2.45) is 16.5 Å². The molecule has 15 heavy (non-hydrogen) atoms. The van der Waals surface area contributed by atoms with Gasteiger partial charge in [0.25, 0.3) is 0 Å². The van der Waals surface area contributed by atoms with Crippen LogP contribution in [0, 0.1) is 0 Å². The van der Waals surface area contributed by atoms with Crippen LogP contribution in [-0.4, -0.2) is 32.7 Å². The maximum absolute atomic E-state index is 10.6. The second-order valence-electron chi connectivity index (χ2n) is 3.24. The number of nitrogens with two attached hydrogens (primary N) is 2. The predicted molar refractivity (Wildman–Crippen MR) is 52.1 cm³/mol. The molecule has 1 aromatic rings. The number of H-pyrrole nitrogens is 1. The fourth-order valence-corrected chi connectivity index (χ4v) is 1.40. The zero-order chi connectivity index (χ0) is 11.1. The van der Waals surface area contributed by atoms with Crippen molar-refractivity contribution in [3.63, 3.8) is 0 Å². The van der Waals surface area contributed by atoms with E-state index < -0.39 is 11.8 Å². The van der Waals surface area contributed by atoms with Gasteiger partial charge in [0.2, 0.25) is 0 Å². The normalized spacial score (nSPS) is 23.9. The zero-order valence-corrected chi connectivity index (χ0v) is 7.69. The SMILES string of the molecule is NC1=NC(N)(CC(=O)O)Nc2nc[nH]c21. The van der Waals surface area contributed by atoms with Crippen molar-refractivity contribution >= 4 is 17.6 Å². The Hall–Kier alpha value is -2.09. The molecule has 1 unspecified atom stereocenters. The van der Waals surface area contributed by atoms with Crippen molar-refractivity contribution in [3.8, 4) is 0 Å². The number of nitrogens with zero attached hydrogens (tertiary/aromatic N) is 2. The molecule has 1 aliphatic heterocycles. The van der Waals surface area contributed by atoms with Gasteiger partial charge in [-0.1, -0.05) is 0 Å². The van der Waals surface area contributed by atoms with E-state index in [4.69, 9.17) is 16.6 Å². The van der Waals surface area contributed by atoms with Gasteiger partial charge < -0.3 is 21.1 Å². The first kappa shape index (κ1) is 9.46. The molecule has 1 aliphatic rings. The lowest BCUT2D eigenvalue weighted by Crippen LogP contribution is -2.51. The Morgan fingerprint density at radius 2 is 2.40 bits per heavy atom. The number of aromatic nitrogens is 2. The van der Waals surface area contributed by atoms with Crippen LogP contribution < -0.4 is 16.8 Å². The summed E-state index contributed by atoms with van der Waals surface area (Å²) in [7, 11) is 0. The Kier molecular flexibility index (Phi) is 1.86. The van der Waals surface area contributed by atoms with E-state index in [1.807, 2.05) is 0 Å². The average Bonchev–Trinajstić information content (AvgIpc) is 2.48. The highest BCUT2D eigenvalue weighted by Gasteiger charge is 2.33. The standard InChI is InChI=1S/C7H10N6O2/c8-5-4-6(11-2-10-4)13-7(9,12-5)1-3(14)15/h2,13H,1,9H2,(H2,8,12)(H,10,11)(H,14,15). The second-order valence-corrected chi connectivity index (χ2v) is 3.24. The first-order chi connectivity index (χ1) is 7.00. The van der Waals surface area contributed by atoms with E-state index in [1.165, 1.54) is 6.33 Å².